The van der Waals surface area contributed by atoms with E-state index >= 15 is 0 Å². The Morgan fingerprint density at radius 1 is 1.40 bits per heavy atom. The van der Waals surface area contributed by atoms with Gasteiger partial charge in [-0.2, -0.15) is 0 Å². The number of methoxy groups -OCH3 is 1. The van der Waals surface area contributed by atoms with Gasteiger partial charge in [-0.3, -0.25) is 5.43 Å². The van der Waals surface area contributed by atoms with Crippen molar-refractivity contribution >= 4 is 11.6 Å². The van der Waals surface area contributed by atoms with Gasteiger partial charge in [-0.15, -0.1) is 13.2 Å². The predicted molar refractivity (Wildman–Crippen MR) is 68.2 cm³/mol. The van der Waals surface area contributed by atoms with Crippen LogP contribution >= 0.6 is 0 Å². The van der Waals surface area contributed by atoms with Crippen LogP contribution in [-0.2, 0) is 4.74 Å². The zero-order chi connectivity index (χ0) is 15.0. The molecule has 0 aromatic heterocycles. The third-order valence-corrected chi connectivity index (χ3v) is 2.03. The smallest absolute Gasteiger partial charge is 0.406 e. The molecule has 0 radical (unpaired) electrons. The molecule has 4 N–H and O–H groups in total. The third-order valence-electron chi connectivity index (χ3n) is 2.03. The molecule has 0 spiro atoms. The highest BCUT2D eigenvalue weighted by atomic mass is 19.4. The summed E-state index contributed by atoms with van der Waals surface area (Å²) in [5.41, 5.74) is 2.65. The van der Waals surface area contributed by atoms with Crippen LogP contribution in [0.15, 0.2) is 29.3 Å². The third kappa shape index (κ3) is 6.25. The van der Waals surface area contributed by atoms with Crippen molar-refractivity contribution in [3.05, 3.63) is 24.3 Å². The van der Waals surface area contributed by atoms with E-state index in [1.54, 1.807) is 6.07 Å². The van der Waals surface area contributed by atoms with E-state index < -0.39 is 6.36 Å². The lowest BCUT2D eigenvalue weighted by atomic mass is 10.3. The number of guanidine groups is 1. The van der Waals surface area contributed by atoms with Crippen LogP contribution in [0.3, 0.4) is 0 Å². The molecular formula is C11H15F3N4O2. The van der Waals surface area contributed by atoms with Gasteiger partial charge in [0.2, 0.25) is 5.96 Å². The second-order valence-corrected chi connectivity index (χ2v) is 3.57. The molecule has 0 saturated heterocycles. The topological polar surface area (TPSA) is 80.9 Å². The molecule has 20 heavy (non-hydrogen) atoms. The lowest BCUT2D eigenvalue weighted by Gasteiger charge is -2.12. The van der Waals surface area contributed by atoms with E-state index in [0.29, 0.717) is 18.8 Å². The number of nitrogens with two attached hydrogens (primary N) is 1. The summed E-state index contributed by atoms with van der Waals surface area (Å²) in [5.74, 6) is 5.11. The molecule has 0 aliphatic heterocycles. The van der Waals surface area contributed by atoms with Crippen LogP contribution in [0.4, 0.5) is 18.9 Å². The highest BCUT2D eigenvalue weighted by Crippen LogP contribution is 2.24. The van der Waals surface area contributed by atoms with Gasteiger partial charge >= 0.3 is 6.36 Å². The number of hydrazine groups is 1. The molecule has 0 bridgehead atoms. The Balaban J connectivity index is 2.71. The van der Waals surface area contributed by atoms with E-state index in [2.05, 4.69) is 20.5 Å². The first-order valence-corrected chi connectivity index (χ1v) is 5.57. The minimum absolute atomic E-state index is 0.200. The summed E-state index contributed by atoms with van der Waals surface area (Å²) in [6.45, 7) is 0.742. The zero-order valence-electron chi connectivity index (χ0n) is 10.7. The molecule has 0 fully saturated rings. The summed E-state index contributed by atoms with van der Waals surface area (Å²) in [6, 6.07) is 5.33. The van der Waals surface area contributed by atoms with Gasteiger partial charge in [0, 0.05) is 18.9 Å². The van der Waals surface area contributed by atoms with Crippen LogP contribution in [-0.4, -0.2) is 32.6 Å². The maximum atomic E-state index is 12.1. The molecule has 0 aliphatic carbocycles. The maximum Gasteiger partial charge on any atom is 0.573 e. The minimum Gasteiger partial charge on any atom is -0.406 e. The van der Waals surface area contributed by atoms with Gasteiger partial charge in [-0.05, 0) is 12.1 Å². The van der Waals surface area contributed by atoms with Crippen LogP contribution in [0.5, 0.6) is 5.75 Å². The standard InChI is InChI=1S/C11H15F3N4O2/c1-19-6-5-16-10(18-15)17-8-3-2-4-9(7-8)20-11(12,13)14/h2-4,7H,5-6,15H2,1H3,(H2,16,17,18). The number of aliphatic imine (C=N–C) groups is 1. The lowest BCUT2D eigenvalue weighted by molar-refractivity contribution is -0.274. The van der Waals surface area contributed by atoms with Gasteiger partial charge in [0.25, 0.3) is 0 Å². The van der Waals surface area contributed by atoms with Crippen molar-refractivity contribution in [3.8, 4) is 5.75 Å². The average Bonchev–Trinajstić information content (AvgIpc) is 2.36. The predicted octanol–water partition coefficient (Wildman–Crippen LogP) is 1.46. The normalized spacial score (nSPS) is 12.2. The van der Waals surface area contributed by atoms with Crippen LogP contribution in [0, 0.1) is 0 Å². The Bertz CT molecular complexity index is 452. The first-order valence-electron chi connectivity index (χ1n) is 5.57. The zero-order valence-corrected chi connectivity index (χ0v) is 10.7. The fraction of sp³-hybridized carbons (Fsp3) is 0.364. The summed E-state index contributed by atoms with van der Waals surface area (Å²) in [5, 5.41) is 2.72. The molecule has 9 heteroatoms. The van der Waals surface area contributed by atoms with Crippen molar-refractivity contribution in [1.29, 1.82) is 0 Å². The van der Waals surface area contributed by atoms with E-state index in [4.69, 9.17) is 10.6 Å². The Morgan fingerprint density at radius 3 is 2.75 bits per heavy atom. The number of nitrogens with one attached hydrogen (secondary N) is 2. The van der Waals surface area contributed by atoms with E-state index in [9.17, 15) is 13.2 Å². The number of hydrogen-bond acceptors (Lipinski definition) is 4. The van der Waals surface area contributed by atoms with E-state index in [0.717, 1.165) is 0 Å². The van der Waals surface area contributed by atoms with Gasteiger partial charge in [-0.1, -0.05) is 6.07 Å². The number of benzene rings is 1. The summed E-state index contributed by atoms with van der Waals surface area (Å²) in [7, 11) is 1.52. The molecular weight excluding hydrogens is 277 g/mol. The van der Waals surface area contributed by atoms with Crippen LogP contribution < -0.4 is 21.3 Å². The minimum atomic E-state index is -4.74. The second kappa shape index (κ2) is 7.56. The summed E-state index contributed by atoms with van der Waals surface area (Å²) in [6.07, 6.45) is -4.74. The molecule has 1 rings (SSSR count). The highest BCUT2D eigenvalue weighted by molar-refractivity contribution is 5.93. The van der Waals surface area contributed by atoms with Gasteiger partial charge in [0.1, 0.15) is 5.75 Å². The van der Waals surface area contributed by atoms with Crippen molar-refractivity contribution in [1.82, 2.24) is 5.43 Å². The van der Waals surface area contributed by atoms with E-state index in [-0.39, 0.29) is 11.7 Å². The molecule has 112 valence electrons. The lowest BCUT2D eigenvalue weighted by Crippen LogP contribution is -2.36. The fourth-order valence-electron chi connectivity index (χ4n) is 1.28. The number of ether oxygens (including phenoxy) is 2. The van der Waals surface area contributed by atoms with E-state index in [1.807, 2.05) is 0 Å². The molecule has 0 unspecified atom stereocenters. The quantitative estimate of drug-likeness (QED) is 0.252. The first kappa shape index (κ1) is 16.1. The summed E-state index contributed by atoms with van der Waals surface area (Å²) in [4.78, 5) is 4.01. The average molecular weight is 292 g/mol. The molecule has 0 aliphatic rings. The maximum absolute atomic E-state index is 12.1. The first-order chi connectivity index (χ1) is 9.44. The fourth-order valence-corrected chi connectivity index (χ4v) is 1.28. The number of hydrogen-bond donors (Lipinski definition) is 3. The van der Waals surface area contributed by atoms with Crippen molar-refractivity contribution in [2.75, 3.05) is 25.6 Å². The summed E-state index contributed by atoms with van der Waals surface area (Å²) >= 11 is 0. The van der Waals surface area contributed by atoms with Crippen LogP contribution in [0.1, 0.15) is 0 Å². The Hall–Kier alpha value is -2.00. The molecule has 1 aromatic rings. The molecule has 0 atom stereocenters. The molecule has 0 heterocycles. The monoisotopic (exact) mass is 292 g/mol. The van der Waals surface area contributed by atoms with Gasteiger partial charge in [0.05, 0.1) is 13.2 Å². The van der Waals surface area contributed by atoms with Gasteiger partial charge in [-0.25, -0.2) is 10.8 Å². The molecule has 0 saturated carbocycles. The van der Waals surface area contributed by atoms with Crippen LogP contribution in [0.25, 0.3) is 0 Å². The SMILES string of the molecule is COCCN=C(NN)Nc1cccc(OC(F)(F)F)c1. The molecule has 6 nitrogen and oxygen atoms in total. The van der Waals surface area contributed by atoms with Crippen molar-refractivity contribution < 1.29 is 22.6 Å². The van der Waals surface area contributed by atoms with E-state index in [1.165, 1.54) is 25.3 Å². The number of halogens is 3. The molecule has 1 aromatic carbocycles. The Labute approximate surface area is 113 Å². The number of rotatable bonds is 5. The van der Waals surface area contributed by atoms with Gasteiger partial charge < -0.3 is 14.8 Å². The van der Waals surface area contributed by atoms with Crippen LogP contribution in [0.2, 0.25) is 0 Å². The Morgan fingerprint density at radius 2 is 2.15 bits per heavy atom. The van der Waals surface area contributed by atoms with Crippen molar-refractivity contribution in [2.24, 2.45) is 10.8 Å². The molecule has 0 amide bonds. The largest absolute Gasteiger partial charge is 0.573 e. The van der Waals surface area contributed by atoms with Gasteiger partial charge in [0.15, 0.2) is 0 Å². The van der Waals surface area contributed by atoms with Crippen molar-refractivity contribution in [3.63, 3.8) is 0 Å². The number of nitrogens with zero attached hydrogens (tertiary/aromatic N) is 1. The second-order valence-electron chi connectivity index (χ2n) is 3.57. The Kier molecular flexibility index (Phi) is 6.07. The van der Waals surface area contributed by atoms with Crippen molar-refractivity contribution in [2.45, 2.75) is 6.36 Å². The number of alkyl halides is 3. The highest BCUT2D eigenvalue weighted by Gasteiger charge is 2.31. The number of anilines is 1. The summed E-state index contributed by atoms with van der Waals surface area (Å²) < 4.78 is 44.9.